The van der Waals surface area contributed by atoms with Gasteiger partial charge in [-0.15, -0.1) is 0 Å². The van der Waals surface area contributed by atoms with Crippen molar-refractivity contribution >= 4 is 0 Å². The second-order valence-electron chi connectivity index (χ2n) is 6.94. The second kappa shape index (κ2) is 12.5. The van der Waals surface area contributed by atoms with Crippen LogP contribution in [0.5, 0.6) is 5.75 Å². The minimum atomic E-state index is 0.626. The lowest BCUT2D eigenvalue weighted by Crippen LogP contribution is -2.08. The Morgan fingerprint density at radius 1 is 0.773 bits per heavy atom. The minimum absolute atomic E-state index is 0.626. The first-order valence-corrected chi connectivity index (χ1v) is 8.60. The van der Waals surface area contributed by atoms with E-state index in [2.05, 4.69) is 60.6 Å². The van der Waals surface area contributed by atoms with E-state index in [9.17, 15) is 0 Å². The first-order valence-electron chi connectivity index (χ1n) is 8.60. The van der Waals surface area contributed by atoms with Crippen LogP contribution in [0.15, 0.2) is 24.3 Å². The molecule has 1 rings (SSSR count). The van der Waals surface area contributed by atoms with Gasteiger partial charge in [-0.1, -0.05) is 59.2 Å². The molecule has 0 heterocycles. The molecular formula is C20H36O2. The highest BCUT2D eigenvalue weighted by molar-refractivity contribution is 5.26. The minimum Gasteiger partial charge on any atom is -0.491 e. The Hall–Kier alpha value is -1.02. The number of ether oxygens (including phenoxy) is 2. The molecule has 0 aliphatic carbocycles. The molecule has 0 bridgehead atoms. The maximum absolute atomic E-state index is 5.54. The van der Waals surface area contributed by atoms with Gasteiger partial charge >= 0.3 is 0 Å². The first-order chi connectivity index (χ1) is 10.3. The fraction of sp³-hybridized carbons (Fsp3) is 0.700. The van der Waals surface area contributed by atoms with E-state index in [1.165, 1.54) is 5.56 Å². The number of rotatable bonds is 8. The average molecular weight is 309 g/mol. The van der Waals surface area contributed by atoms with Gasteiger partial charge in [0, 0.05) is 6.61 Å². The molecule has 0 aliphatic rings. The van der Waals surface area contributed by atoms with Crippen LogP contribution in [0.25, 0.3) is 0 Å². The molecule has 0 atom stereocenters. The van der Waals surface area contributed by atoms with E-state index in [0.29, 0.717) is 19.1 Å². The van der Waals surface area contributed by atoms with Gasteiger partial charge in [-0.2, -0.15) is 0 Å². The fourth-order valence-electron chi connectivity index (χ4n) is 1.27. The Labute approximate surface area is 138 Å². The molecule has 0 radical (unpaired) electrons. The third-order valence-electron chi connectivity index (χ3n) is 3.69. The molecule has 0 amide bonds. The van der Waals surface area contributed by atoms with Crippen molar-refractivity contribution in [1.29, 1.82) is 0 Å². The van der Waals surface area contributed by atoms with Crippen molar-refractivity contribution in [3.8, 4) is 5.75 Å². The van der Waals surface area contributed by atoms with Crippen molar-refractivity contribution in [2.75, 3.05) is 19.8 Å². The smallest absolute Gasteiger partial charge is 0.119 e. The van der Waals surface area contributed by atoms with E-state index < -0.39 is 0 Å². The van der Waals surface area contributed by atoms with Gasteiger partial charge in [0.05, 0.1) is 6.61 Å². The van der Waals surface area contributed by atoms with Crippen LogP contribution in [-0.2, 0) is 4.74 Å². The van der Waals surface area contributed by atoms with E-state index in [4.69, 9.17) is 9.47 Å². The molecular weight excluding hydrogens is 272 g/mol. The Balaban J connectivity index is 0.000000626. The Bertz CT molecular complexity index is 346. The maximum Gasteiger partial charge on any atom is 0.119 e. The number of hydrogen-bond donors (Lipinski definition) is 0. The Morgan fingerprint density at radius 2 is 1.32 bits per heavy atom. The molecule has 22 heavy (non-hydrogen) atoms. The molecule has 2 heteroatoms. The molecule has 1 aromatic carbocycles. The summed E-state index contributed by atoms with van der Waals surface area (Å²) in [4.78, 5) is 0. The lowest BCUT2D eigenvalue weighted by molar-refractivity contribution is 0.0926. The van der Waals surface area contributed by atoms with Crippen molar-refractivity contribution in [3.63, 3.8) is 0 Å². The van der Waals surface area contributed by atoms with E-state index in [1.807, 2.05) is 12.1 Å². The average Bonchev–Trinajstić information content (AvgIpc) is 2.45. The summed E-state index contributed by atoms with van der Waals surface area (Å²) >= 11 is 0. The molecule has 0 spiro atoms. The zero-order valence-corrected chi connectivity index (χ0v) is 15.7. The van der Waals surface area contributed by atoms with Crippen molar-refractivity contribution in [2.24, 2.45) is 17.8 Å². The van der Waals surface area contributed by atoms with Crippen LogP contribution in [0.3, 0.4) is 0 Å². The zero-order valence-electron chi connectivity index (χ0n) is 15.7. The molecule has 2 nitrogen and oxygen atoms in total. The summed E-state index contributed by atoms with van der Waals surface area (Å²) in [7, 11) is 0. The van der Waals surface area contributed by atoms with Crippen LogP contribution in [-0.4, -0.2) is 19.8 Å². The quantitative estimate of drug-likeness (QED) is 0.570. The van der Waals surface area contributed by atoms with E-state index in [0.717, 1.165) is 30.6 Å². The summed E-state index contributed by atoms with van der Waals surface area (Å²) in [6.45, 7) is 17.6. The second-order valence-corrected chi connectivity index (χ2v) is 6.94. The molecule has 0 aromatic heterocycles. The van der Waals surface area contributed by atoms with Crippen molar-refractivity contribution in [3.05, 3.63) is 29.8 Å². The van der Waals surface area contributed by atoms with Gasteiger partial charge in [-0.25, -0.2) is 0 Å². The predicted octanol–water partition coefficient (Wildman–Crippen LogP) is 5.73. The predicted molar refractivity (Wildman–Crippen MR) is 96.6 cm³/mol. The van der Waals surface area contributed by atoms with Crippen molar-refractivity contribution in [2.45, 2.75) is 54.9 Å². The number of hydrogen-bond acceptors (Lipinski definition) is 2. The lowest BCUT2D eigenvalue weighted by Gasteiger charge is -2.08. The molecule has 0 fully saturated rings. The standard InChI is InChI=1S/C14H22O2.C6H14/c1-12(2)8-9-15-10-11-16-14-6-4-13(3)5-7-14;1-5(2)6(3)4/h4-7,12H,8-11H2,1-3H3;5-6H,1-4H3. The molecule has 0 N–H and O–H groups in total. The van der Waals surface area contributed by atoms with Crippen LogP contribution < -0.4 is 4.74 Å². The van der Waals surface area contributed by atoms with Gasteiger partial charge < -0.3 is 9.47 Å². The van der Waals surface area contributed by atoms with Gasteiger partial charge in [-0.05, 0) is 43.2 Å². The van der Waals surface area contributed by atoms with Crippen LogP contribution in [0.2, 0.25) is 0 Å². The molecule has 1 aromatic rings. The first kappa shape index (κ1) is 21.0. The summed E-state index contributed by atoms with van der Waals surface area (Å²) in [5.74, 6) is 3.33. The van der Waals surface area contributed by atoms with Crippen LogP contribution >= 0.6 is 0 Å². The monoisotopic (exact) mass is 308 g/mol. The molecule has 0 saturated carbocycles. The fourth-order valence-corrected chi connectivity index (χ4v) is 1.27. The Kier molecular flexibility index (Phi) is 11.9. The SMILES string of the molecule is CC(C)C(C)C.Cc1ccc(OCCOCCC(C)C)cc1. The number of benzene rings is 1. The highest BCUT2D eigenvalue weighted by atomic mass is 16.5. The van der Waals surface area contributed by atoms with Gasteiger partial charge in [0.1, 0.15) is 12.4 Å². The third kappa shape index (κ3) is 12.7. The topological polar surface area (TPSA) is 18.5 Å². The number of aryl methyl sites for hydroxylation is 1. The molecule has 0 saturated heterocycles. The molecule has 128 valence electrons. The summed E-state index contributed by atoms with van der Waals surface area (Å²) in [6, 6.07) is 8.08. The summed E-state index contributed by atoms with van der Waals surface area (Å²) < 4.78 is 11.0. The summed E-state index contributed by atoms with van der Waals surface area (Å²) in [5, 5.41) is 0. The van der Waals surface area contributed by atoms with Crippen LogP contribution in [0, 0.1) is 24.7 Å². The van der Waals surface area contributed by atoms with Gasteiger partial charge in [0.2, 0.25) is 0 Å². The summed E-state index contributed by atoms with van der Waals surface area (Å²) in [6.07, 6.45) is 1.12. The van der Waals surface area contributed by atoms with E-state index in [1.54, 1.807) is 0 Å². The molecule has 0 unspecified atom stereocenters. The van der Waals surface area contributed by atoms with Gasteiger partial charge in [-0.3, -0.25) is 0 Å². The van der Waals surface area contributed by atoms with Crippen LogP contribution in [0.4, 0.5) is 0 Å². The maximum atomic E-state index is 5.54. The van der Waals surface area contributed by atoms with Gasteiger partial charge in [0.25, 0.3) is 0 Å². The van der Waals surface area contributed by atoms with E-state index in [-0.39, 0.29) is 0 Å². The third-order valence-corrected chi connectivity index (χ3v) is 3.69. The lowest BCUT2D eigenvalue weighted by atomic mass is 10.0. The summed E-state index contributed by atoms with van der Waals surface area (Å²) in [5.41, 5.74) is 1.25. The van der Waals surface area contributed by atoms with Crippen LogP contribution in [0.1, 0.15) is 53.5 Å². The van der Waals surface area contributed by atoms with E-state index >= 15 is 0 Å². The molecule has 0 aliphatic heterocycles. The largest absolute Gasteiger partial charge is 0.491 e. The van der Waals surface area contributed by atoms with Crippen molar-refractivity contribution in [1.82, 2.24) is 0 Å². The zero-order chi connectivity index (χ0) is 17.0. The Morgan fingerprint density at radius 3 is 1.77 bits per heavy atom. The van der Waals surface area contributed by atoms with Gasteiger partial charge in [0.15, 0.2) is 0 Å². The van der Waals surface area contributed by atoms with Crippen molar-refractivity contribution < 1.29 is 9.47 Å². The normalized spacial score (nSPS) is 10.8. The highest BCUT2D eigenvalue weighted by Crippen LogP contribution is 2.11. The highest BCUT2D eigenvalue weighted by Gasteiger charge is 1.96.